The Morgan fingerprint density at radius 3 is 2.55 bits per heavy atom. The first kappa shape index (κ1) is 16.5. The van der Waals surface area contributed by atoms with Gasteiger partial charge >= 0.3 is 0 Å². The summed E-state index contributed by atoms with van der Waals surface area (Å²) in [5, 5.41) is 2.96. The van der Waals surface area contributed by atoms with Crippen LogP contribution in [0.25, 0.3) is 0 Å². The highest BCUT2D eigenvalue weighted by Gasteiger charge is 2.14. The average Bonchev–Trinajstić information content (AvgIpc) is 2.35. The third-order valence-corrected chi connectivity index (χ3v) is 3.12. The molecule has 0 saturated carbocycles. The van der Waals surface area contributed by atoms with Crippen LogP contribution in [0.5, 0.6) is 0 Å². The first-order valence-corrected chi connectivity index (χ1v) is 7.23. The summed E-state index contributed by atoms with van der Waals surface area (Å²) in [6, 6.07) is 8.13. The topological polar surface area (TPSA) is 58.4 Å². The van der Waals surface area contributed by atoms with Gasteiger partial charge < -0.3 is 11.1 Å². The number of amides is 1. The summed E-state index contributed by atoms with van der Waals surface area (Å²) in [7, 11) is 0. The molecule has 0 spiro atoms. The van der Waals surface area contributed by atoms with E-state index in [1.807, 2.05) is 24.3 Å². The molecular formula is C16H27N3O. The van der Waals surface area contributed by atoms with Gasteiger partial charge in [-0.05, 0) is 37.5 Å². The summed E-state index contributed by atoms with van der Waals surface area (Å²) in [4.78, 5) is 14.1. The summed E-state index contributed by atoms with van der Waals surface area (Å²) in [5.41, 5.74) is 7.69. The highest BCUT2D eigenvalue weighted by molar-refractivity contribution is 5.78. The van der Waals surface area contributed by atoms with Crippen molar-refractivity contribution in [3.63, 3.8) is 0 Å². The Morgan fingerprint density at radius 2 is 2.00 bits per heavy atom. The standard InChI is InChI=1S/C16H27N3O/c1-12(2)9-18-16(20)11-19(13(3)4)10-14-6-5-7-15(17)8-14/h5-8,12-13H,9-11,17H2,1-4H3,(H,18,20). The van der Waals surface area contributed by atoms with Crippen molar-refractivity contribution in [3.8, 4) is 0 Å². The third kappa shape index (κ3) is 6.06. The van der Waals surface area contributed by atoms with Crippen LogP contribution in [-0.2, 0) is 11.3 Å². The lowest BCUT2D eigenvalue weighted by Gasteiger charge is -2.26. The van der Waals surface area contributed by atoms with Crippen LogP contribution in [0.4, 0.5) is 5.69 Å². The predicted octanol–water partition coefficient (Wildman–Crippen LogP) is 2.25. The molecular weight excluding hydrogens is 250 g/mol. The summed E-state index contributed by atoms with van der Waals surface area (Å²) < 4.78 is 0. The lowest BCUT2D eigenvalue weighted by atomic mass is 10.1. The molecule has 0 saturated heterocycles. The zero-order chi connectivity index (χ0) is 15.1. The fourth-order valence-corrected chi connectivity index (χ4v) is 1.91. The fraction of sp³-hybridized carbons (Fsp3) is 0.562. The van der Waals surface area contributed by atoms with E-state index in [-0.39, 0.29) is 5.91 Å². The number of benzene rings is 1. The van der Waals surface area contributed by atoms with Crippen molar-refractivity contribution in [2.75, 3.05) is 18.8 Å². The molecule has 112 valence electrons. The highest BCUT2D eigenvalue weighted by atomic mass is 16.2. The van der Waals surface area contributed by atoms with Crippen molar-refractivity contribution in [2.24, 2.45) is 5.92 Å². The molecule has 1 rings (SSSR count). The van der Waals surface area contributed by atoms with Crippen molar-refractivity contribution in [1.29, 1.82) is 0 Å². The van der Waals surface area contributed by atoms with Gasteiger partial charge in [0, 0.05) is 24.8 Å². The van der Waals surface area contributed by atoms with E-state index in [0.29, 0.717) is 18.5 Å². The molecule has 0 radical (unpaired) electrons. The molecule has 0 aliphatic carbocycles. The van der Waals surface area contributed by atoms with E-state index in [9.17, 15) is 4.79 Å². The van der Waals surface area contributed by atoms with Crippen molar-refractivity contribution >= 4 is 11.6 Å². The summed E-state index contributed by atoms with van der Waals surface area (Å²) >= 11 is 0. The van der Waals surface area contributed by atoms with E-state index in [0.717, 1.165) is 24.3 Å². The molecule has 0 aromatic heterocycles. The first-order valence-electron chi connectivity index (χ1n) is 7.23. The molecule has 1 aromatic rings. The van der Waals surface area contributed by atoms with E-state index >= 15 is 0 Å². The largest absolute Gasteiger partial charge is 0.399 e. The Hall–Kier alpha value is -1.55. The van der Waals surface area contributed by atoms with Gasteiger partial charge in [-0.2, -0.15) is 0 Å². The SMILES string of the molecule is CC(C)CNC(=O)CN(Cc1cccc(N)c1)C(C)C. The molecule has 0 unspecified atom stereocenters. The molecule has 0 atom stereocenters. The van der Waals surface area contributed by atoms with Crippen LogP contribution in [0.3, 0.4) is 0 Å². The Morgan fingerprint density at radius 1 is 1.30 bits per heavy atom. The second kappa shape index (κ2) is 7.90. The van der Waals surface area contributed by atoms with E-state index in [2.05, 4.69) is 37.9 Å². The number of nitrogens with zero attached hydrogens (tertiary/aromatic N) is 1. The second-order valence-corrected chi connectivity index (χ2v) is 5.94. The molecule has 0 bridgehead atoms. The van der Waals surface area contributed by atoms with Gasteiger partial charge in [-0.3, -0.25) is 9.69 Å². The number of nitrogens with one attached hydrogen (secondary N) is 1. The molecule has 0 heterocycles. The Bertz CT molecular complexity index is 429. The Balaban J connectivity index is 2.58. The maximum Gasteiger partial charge on any atom is 0.234 e. The minimum absolute atomic E-state index is 0.0799. The minimum Gasteiger partial charge on any atom is -0.399 e. The predicted molar refractivity (Wildman–Crippen MR) is 84.2 cm³/mol. The average molecular weight is 277 g/mol. The van der Waals surface area contributed by atoms with Gasteiger partial charge in [0.25, 0.3) is 0 Å². The van der Waals surface area contributed by atoms with E-state index < -0.39 is 0 Å². The molecule has 20 heavy (non-hydrogen) atoms. The van der Waals surface area contributed by atoms with Crippen LogP contribution < -0.4 is 11.1 Å². The lowest BCUT2D eigenvalue weighted by Crippen LogP contribution is -2.41. The number of hydrogen-bond acceptors (Lipinski definition) is 3. The number of nitrogens with two attached hydrogens (primary N) is 1. The Labute approximate surface area is 122 Å². The van der Waals surface area contributed by atoms with Crippen LogP contribution in [0.15, 0.2) is 24.3 Å². The third-order valence-electron chi connectivity index (χ3n) is 3.12. The normalized spacial score (nSPS) is 11.3. The number of carbonyl (C=O) groups excluding carboxylic acids is 1. The number of carbonyl (C=O) groups is 1. The molecule has 3 N–H and O–H groups in total. The zero-order valence-electron chi connectivity index (χ0n) is 13.0. The zero-order valence-corrected chi connectivity index (χ0v) is 13.0. The van der Waals surface area contributed by atoms with E-state index in [4.69, 9.17) is 5.73 Å². The van der Waals surface area contributed by atoms with E-state index in [1.165, 1.54) is 0 Å². The van der Waals surface area contributed by atoms with Gasteiger partial charge in [-0.15, -0.1) is 0 Å². The number of nitrogen functional groups attached to an aromatic ring is 1. The van der Waals surface area contributed by atoms with Crippen LogP contribution in [0.1, 0.15) is 33.3 Å². The molecule has 4 nitrogen and oxygen atoms in total. The van der Waals surface area contributed by atoms with Gasteiger partial charge in [0.2, 0.25) is 5.91 Å². The second-order valence-electron chi connectivity index (χ2n) is 5.94. The van der Waals surface area contributed by atoms with Crippen molar-refractivity contribution < 1.29 is 4.79 Å². The molecule has 0 aliphatic rings. The first-order chi connectivity index (χ1) is 9.38. The number of anilines is 1. The number of rotatable bonds is 7. The fourth-order valence-electron chi connectivity index (χ4n) is 1.91. The van der Waals surface area contributed by atoms with Crippen LogP contribution in [-0.4, -0.2) is 29.9 Å². The number of hydrogen-bond donors (Lipinski definition) is 2. The maximum absolute atomic E-state index is 11.9. The maximum atomic E-state index is 11.9. The van der Waals surface area contributed by atoms with Crippen LogP contribution >= 0.6 is 0 Å². The van der Waals surface area contributed by atoms with Gasteiger partial charge in [0.1, 0.15) is 0 Å². The summed E-state index contributed by atoms with van der Waals surface area (Å²) in [6.07, 6.45) is 0. The minimum atomic E-state index is 0.0799. The van der Waals surface area contributed by atoms with Crippen LogP contribution in [0.2, 0.25) is 0 Å². The Kier molecular flexibility index (Phi) is 6.52. The molecule has 1 aromatic carbocycles. The van der Waals surface area contributed by atoms with Gasteiger partial charge in [0.15, 0.2) is 0 Å². The van der Waals surface area contributed by atoms with Crippen molar-refractivity contribution in [3.05, 3.63) is 29.8 Å². The van der Waals surface area contributed by atoms with Gasteiger partial charge in [-0.1, -0.05) is 26.0 Å². The molecule has 0 fully saturated rings. The quantitative estimate of drug-likeness (QED) is 0.752. The monoisotopic (exact) mass is 277 g/mol. The summed E-state index contributed by atoms with van der Waals surface area (Å²) in [6.45, 7) is 10.3. The summed E-state index contributed by atoms with van der Waals surface area (Å²) in [5.74, 6) is 0.552. The lowest BCUT2D eigenvalue weighted by molar-refractivity contribution is -0.123. The van der Waals surface area contributed by atoms with Gasteiger partial charge in [0.05, 0.1) is 6.54 Å². The molecule has 4 heteroatoms. The molecule has 1 amide bonds. The van der Waals surface area contributed by atoms with Crippen molar-refractivity contribution in [2.45, 2.75) is 40.3 Å². The smallest absolute Gasteiger partial charge is 0.234 e. The highest BCUT2D eigenvalue weighted by Crippen LogP contribution is 2.11. The van der Waals surface area contributed by atoms with Gasteiger partial charge in [-0.25, -0.2) is 0 Å². The van der Waals surface area contributed by atoms with Crippen LogP contribution in [0, 0.1) is 5.92 Å². The van der Waals surface area contributed by atoms with E-state index in [1.54, 1.807) is 0 Å². The molecule has 0 aliphatic heterocycles. The van der Waals surface area contributed by atoms with Crippen molar-refractivity contribution in [1.82, 2.24) is 10.2 Å².